The Morgan fingerprint density at radius 1 is 1.22 bits per heavy atom. The molecule has 2 rings (SSSR count). The first kappa shape index (κ1) is 18.1. The third kappa shape index (κ3) is 5.12. The van der Waals surface area contributed by atoms with Crippen molar-refractivity contribution in [3.8, 4) is 0 Å². The fourth-order valence-electron chi connectivity index (χ4n) is 3.41. The number of hydrogen-bond donors (Lipinski definition) is 0. The van der Waals surface area contributed by atoms with Crippen LogP contribution in [0, 0.1) is 12.8 Å². The van der Waals surface area contributed by atoms with Crippen molar-refractivity contribution in [3.63, 3.8) is 0 Å². The molecular weight excluding hydrogens is 289 g/mol. The summed E-state index contributed by atoms with van der Waals surface area (Å²) in [6.07, 6.45) is 9.75. The van der Waals surface area contributed by atoms with Gasteiger partial charge in [0.1, 0.15) is 0 Å². The van der Waals surface area contributed by atoms with Crippen molar-refractivity contribution in [1.29, 1.82) is 0 Å². The molecule has 0 bridgehead atoms. The summed E-state index contributed by atoms with van der Waals surface area (Å²) in [6, 6.07) is 0. The minimum absolute atomic E-state index is 0.00648. The fourth-order valence-corrected chi connectivity index (χ4v) is 3.41. The molecule has 0 aromatic carbocycles. The number of carbonyl (C=O) groups is 1. The van der Waals surface area contributed by atoms with Crippen molar-refractivity contribution in [3.05, 3.63) is 11.3 Å². The van der Waals surface area contributed by atoms with E-state index in [1.54, 1.807) is 0 Å². The lowest BCUT2D eigenvalue weighted by atomic mass is 9.79. The maximum atomic E-state index is 12.1. The molecule has 1 aromatic heterocycles. The lowest BCUT2D eigenvalue weighted by Gasteiger charge is -2.26. The van der Waals surface area contributed by atoms with Crippen LogP contribution in [0.15, 0.2) is 4.52 Å². The predicted molar refractivity (Wildman–Crippen MR) is 93.8 cm³/mol. The fraction of sp³-hybridized carbons (Fsp3) is 0.778. The summed E-state index contributed by atoms with van der Waals surface area (Å²) in [5.41, 5.74) is 3.16. The Labute approximate surface area is 140 Å². The van der Waals surface area contributed by atoms with E-state index in [4.69, 9.17) is 9.26 Å². The van der Waals surface area contributed by atoms with Gasteiger partial charge in [-0.3, -0.25) is 4.79 Å². The zero-order chi connectivity index (χ0) is 16.7. The lowest BCUT2D eigenvalue weighted by molar-refractivity contribution is -0.149. The number of aromatic nitrogens is 1. The largest absolute Gasteiger partial charge is 0.465 e. The highest BCUT2D eigenvalue weighted by Gasteiger charge is 2.30. The van der Waals surface area contributed by atoms with Gasteiger partial charge in [0.25, 0.3) is 0 Å². The standard InChI is InChI=1S/C18H30BNO3/c1-3-4-5-6-7-12-22-18(21)15-10-8-14(9-11-15)16-13(2)17(19)23-20-16/h14-15H,3-12,19H2,1-2H3. The van der Waals surface area contributed by atoms with Gasteiger partial charge in [0.2, 0.25) is 0 Å². The maximum Gasteiger partial charge on any atom is 0.308 e. The van der Waals surface area contributed by atoms with Gasteiger partial charge in [-0.25, -0.2) is 0 Å². The average Bonchev–Trinajstić information content (AvgIpc) is 2.90. The van der Waals surface area contributed by atoms with E-state index in [1.165, 1.54) is 31.2 Å². The van der Waals surface area contributed by atoms with Crippen LogP contribution >= 0.6 is 0 Å². The molecule has 0 amide bonds. The van der Waals surface area contributed by atoms with Crippen LogP contribution in [0.3, 0.4) is 0 Å². The van der Waals surface area contributed by atoms with Crippen LogP contribution in [0.25, 0.3) is 0 Å². The zero-order valence-corrected chi connectivity index (χ0v) is 14.9. The summed E-state index contributed by atoms with van der Waals surface area (Å²) in [5.74, 6) is 0.521. The third-order valence-corrected chi connectivity index (χ3v) is 5.13. The Morgan fingerprint density at radius 2 is 1.91 bits per heavy atom. The SMILES string of the molecule is Bc1onc(C2CCC(C(=O)OCCCCCCC)CC2)c1C. The van der Waals surface area contributed by atoms with Gasteiger partial charge in [0.15, 0.2) is 7.85 Å². The van der Waals surface area contributed by atoms with Gasteiger partial charge < -0.3 is 9.26 Å². The van der Waals surface area contributed by atoms with Crippen molar-refractivity contribution in [2.45, 2.75) is 77.6 Å². The highest BCUT2D eigenvalue weighted by molar-refractivity contribution is 6.30. The minimum atomic E-state index is 0.00648. The van der Waals surface area contributed by atoms with Crippen molar-refractivity contribution in [1.82, 2.24) is 5.16 Å². The highest BCUT2D eigenvalue weighted by Crippen LogP contribution is 2.36. The minimum Gasteiger partial charge on any atom is -0.465 e. The van der Waals surface area contributed by atoms with Crippen LogP contribution in [0.1, 0.15) is 81.9 Å². The molecule has 1 aromatic rings. The van der Waals surface area contributed by atoms with Crippen molar-refractivity contribution in [2.75, 3.05) is 6.61 Å². The summed E-state index contributed by atoms with van der Waals surface area (Å²) in [6.45, 7) is 4.86. The number of hydrogen-bond acceptors (Lipinski definition) is 4. The van der Waals surface area contributed by atoms with E-state index in [1.807, 2.05) is 7.85 Å². The van der Waals surface area contributed by atoms with Crippen LogP contribution in [0.2, 0.25) is 0 Å². The van der Waals surface area contributed by atoms with Gasteiger partial charge in [0.05, 0.1) is 23.9 Å². The Kier molecular flexibility index (Phi) is 7.19. The van der Waals surface area contributed by atoms with Gasteiger partial charge in [-0.1, -0.05) is 37.8 Å². The molecule has 0 N–H and O–H groups in total. The molecule has 1 fully saturated rings. The zero-order valence-electron chi connectivity index (χ0n) is 14.9. The van der Waals surface area contributed by atoms with Gasteiger partial charge >= 0.3 is 5.97 Å². The first-order valence-corrected chi connectivity index (χ1v) is 9.22. The summed E-state index contributed by atoms with van der Waals surface area (Å²) >= 11 is 0. The summed E-state index contributed by atoms with van der Waals surface area (Å²) in [7, 11) is 1.95. The first-order valence-electron chi connectivity index (χ1n) is 9.22. The monoisotopic (exact) mass is 319 g/mol. The number of nitrogens with zero attached hydrogens (tertiary/aromatic N) is 1. The lowest BCUT2D eigenvalue weighted by Crippen LogP contribution is -2.24. The Bertz CT molecular complexity index is 492. The van der Waals surface area contributed by atoms with Crippen molar-refractivity contribution < 1.29 is 14.1 Å². The molecule has 0 spiro atoms. The maximum absolute atomic E-state index is 12.1. The second-order valence-electron chi connectivity index (χ2n) is 6.88. The van der Waals surface area contributed by atoms with Gasteiger partial charge in [-0.15, -0.1) is 0 Å². The van der Waals surface area contributed by atoms with E-state index in [9.17, 15) is 4.79 Å². The molecule has 0 saturated heterocycles. The number of unbranched alkanes of at least 4 members (excludes halogenated alkanes) is 4. The van der Waals surface area contributed by atoms with E-state index < -0.39 is 0 Å². The van der Waals surface area contributed by atoms with Crippen molar-refractivity contribution in [2.24, 2.45) is 5.92 Å². The Morgan fingerprint density at radius 3 is 2.52 bits per heavy atom. The second-order valence-corrected chi connectivity index (χ2v) is 6.88. The van der Waals surface area contributed by atoms with Crippen LogP contribution in [-0.4, -0.2) is 25.6 Å². The highest BCUT2D eigenvalue weighted by atomic mass is 16.5. The summed E-state index contributed by atoms with van der Waals surface area (Å²) in [4.78, 5) is 12.1. The van der Waals surface area contributed by atoms with E-state index in [0.29, 0.717) is 12.5 Å². The van der Waals surface area contributed by atoms with E-state index in [2.05, 4.69) is 19.0 Å². The van der Waals surface area contributed by atoms with Gasteiger partial charge in [0, 0.05) is 11.5 Å². The van der Waals surface area contributed by atoms with Gasteiger partial charge in [-0.05, 0) is 39.0 Å². The summed E-state index contributed by atoms with van der Waals surface area (Å²) < 4.78 is 10.7. The molecule has 4 nitrogen and oxygen atoms in total. The summed E-state index contributed by atoms with van der Waals surface area (Å²) in [5, 5.41) is 4.20. The van der Waals surface area contributed by atoms with Crippen LogP contribution in [0.4, 0.5) is 0 Å². The smallest absolute Gasteiger partial charge is 0.308 e. The molecule has 0 atom stereocenters. The van der Waals surface area contributed by atoms with E-state index in [-0.39, 0.29) is 11.9 Å². The molecular formula is C18H30BNO3. The molecule has 1 aliphatic carbocycles. The topological polar surface area (TPSA) is 52.3 Å². The van der Waals surface area contributed by atoms with E-state index in [0.717, 1.165) is 43.5 Å². The van der Waals surface area contributed by atoms with Crippen LogP contribution < -0.4 is 5.66 Å². The molecule has 1 aliphatic rings. The number of ether oxygens (including phenoxy) is 1. The average molecular weight is 319 g/mol. The first-order chi connectivity index (χ1) is 11.1. The predicted octanol–water partition coefficient (Wildman–Crippen LogP) is 3.03. The molecule has 1 saturated carbocycles. The third-order valence-electron chi connectivity index (χ3n) is 5.13. The van der Waals surface area contributed by atoms with Crippen LogP contribution in [-0.2, 0) is 9.53 Å². The molecule has 5 heteroatoms. The molecule has 1 heterocycles. The number of carbonyl (C=O) groups excluding carboxylic acids is 1. The molecule has 128 valence electrons. The molecule has 0 radical (unpaired) electrons. The Hall–Kier alpha value is -1.26. The molecule has 0 aliphatic heterocycles. The molecule has 0 unspecified atom stereocenters. The van der Waals surface area contributed by atoms with E-state index >= 15 is 0 Å². The number of esters is 1. The second kappa shape index (κ2) is 9.14. The Balaban J connectivity index is 1.67. The number of rotatable bonds is 8. The normalized spacial score (nSPS) is 21.3. The molecule has 23 heavy (non-hydrogen) atoms. The quantitative estimate of drug-likeness (QED) is 0.420. The van der Waals surface area contributed by atoms with Crippen LogP contribution in [0.5, 0.6) is 0 Å². The van der Waals surface area contributed by atoms with Gasteiger partial charge in [-0.2, -0.15) is 0 Å². The van der Waals surface area contributed by atoms with Crippen molar-refractivity contribution >= 4 is 19.5 Å².